The van der Waals surface area contributed by atoms with Gasteiger partial charge in [-0.25, -0.2) is 9.40 Å². The highest BCUT2D eigenvalue weighted by atomic mass is 19.1. The van der Waals surface area contributed by atoms with Crippen molar-refractivity contribution < 1.29 is 14.0 Å². The van der Waals surface area contributed by atoms with Crippen molar-refractivity contribution >= 4 is 17.5 Å². The van der Waals surface area contributed by atoms with Crippen molar-refractivity contribution in [3.05, 3.63) is 29.6 Å². The highest BCUT2D eigenvalue weighted by molar-refractivity contribution is 6.00. The molecule has 32 heavy (non-hydrogen) atoms. The Hall–Kier alpha value is -2.07. The van der Waals surface area contributed by atoms with E-state index < -0.39 is 6.04 Å². The fourth-order valence-corrected chi connectivity index (χ4v) is 4.87. The second-order valence-corrected chi connectivity index (χ2v) is 9.27. The minimum Gasteiger partial charge on any atom is -0.367 e. The molecule has 0 spiro atoms. The van der Waals surface area contributed by atoms with Gasteiger partial charge in [-0.05, 0) is 55.8 Å². The van der Waals surface area contributed by atoms with E-state index in [9.17, 15) is 14.0 Å². The first-order chi connectivity index (χ1) is 15.5. The normalized spacial score (nSPS) is 24.1. The van der Waals surface area contributed by atoms with Crippen LogP contribution >= 0.6 is 0 Å². The number of carbonyl (C=O) groups excluding carboxylic acids is 2. The van der Waals surface area contributed by atoms with Gasteiger partial charge in [0, 0.05) is 52.2 Å². The van der Waals surface area contributed by atoms with Gasteiger partial charge in [0.1, 0.15) is 5.82 Å². The Morgan fingerprint density at radius 2 is 1.81 bits per heavy atom. The topological polar surface area (TPSA) is 93.9 Å². The number of piperidine rings is 2. The molecule has 1 unspecified atom stereocenters. The quantitative estimate of drug-likeness (QED) is 0.422. The smallest absolute Gasteiger partial charge is 0.243 e. The number of piperazine rings is 1. The molecule has 0 saturated carbocycles. The van der Waals surface area contributed by atoms with Crippen LogP contribution in [0.15, 0.2) is 18.2 Å². The van der Waals surface area contributed by atoms with E-state index in [1.807, 2.05) is 17.1 Å². The second kappa shape index (κ2) is 10.7. The van der Waals surface area contributed by atoms with Crippen molar-refractivity contribution in [3.8, 4) is 0 Å². The predicted molar refractivity (Wildman–Crippen MR) is 121 cm³/mol. The fraction of sp³-hybridized carbons (Fsp3) is 0.652. The largest absolute Gasteiger partial charge is 0.367 e. The number of hydrogen-bond acceptors (Lipinski definition) is 7. The van der Waals surface area contributed by atoms with Crippen LogP contribution in [0.25, 0.3) is 0 Å². The molecule has 3 fully saturated rings. The number of hydrogen-bond donors (Lipinski definition) is 3. The third-order valence-corrected chi connectivity index (χ3v) is 7.02. The van der Waals surface area contributed by atoms with Gasteiger partial charge in [-0.15, -0.1) is 0 Å². The van der Waals surface area contributed by atoms with Gasteiger partial charge < -0.3 is 10.2 Å². The molecule has 1 aromatic rings. The average molecular weight is 447 g/mol. The molecule has 1 atom stereocenters. The average Bonchev–Trinajstić information content (AvgIpc) is 2.79. The van der Waals surface area contributed by atoms with E-state index in [0.29, 0.717) is 25.1 Å². The lowest BCUT2D eigenvalue weighted by Gasteiger charge is -2.37. The van der Waals surface area contributed by atoms with E-state index in [-0.39, 0.29) is 17.6 Å². The second-order valence-electron chi connectivity index (χ2n) is 9.27. The minimum absolute atomic E-state index is 0.227. The molecule has 3 aliphatic heterocycles. The Morgan fingerprint density at radius 3 is 2.50 bits per heavy atom. The maximum absolute atomic E-state index is 14.8. The Balaban J connectivity index is 1.21. The minimum atomic E-state index is -0.411. The number of halogens is 1. The summed E-state index contributed by atoms with van der Waals surface area (Å²) in [5.41, 5.74) is 1.43. The van der Waals surface area contributed by atoms with Crippen molar-refractivity contribution in [1.82, 2.24) is 20.5 Å². The summed E-state index contributed by atoms with van der Waals surface area (Å²) in [5, 5.41) is 7.37. The summed E-state index contributed by atoms with van der Waals surface area (Å²) in [4.78, 5) is 27.7. The van der Waals surface area contributed by atoms with Gasteiger partial charge in [-0.3, -0.25) is 25.6 Å². The van der Waals surface area contributed by atoms with E-state index in [2.05, 4.69) is 20.4 Å². The number of benzene rings is 1. The summed E-state index contributed by atoms with van der Waals surface area (Å²) >= 11 is 0. The first-order valence-corrected chi connectivity index (χ1v) is 11.8. The van der Waals surface area contributed by atoms with Crippen LogP contribution in [-0.2, 0) is 16.1 Å². The molecule has 0 bridgehead atoms. The van der Waals surface area contributed by atoms with Crippen LogP contribution in [0, 0.1) is 11.7 Å². The maximum Gasteiger partial charge on any atom is 0.243 e. The van der Waals surface area contributed by atoms with Crippen molar-refractivity contribution in [2.24, 2.45) is 11.8 Å². The van der Waals surface area contributed by atoms with Crippen LogP contribution in [-0.4, -0.2) is 73.6 Å². The maximum atomic E-state index is 14.8. The van der Waals surface area contributed by atoms with Crippen LogP contribution in [0.1, 0.15) is 37.7 Å². The van der Waals surface area contributed by atoms with Crippen molar-refractivity contribution in [2.45, 2.75) is 44.7 Å². The lowest BCUT2D eigenvalue weighted by Crippen LogP contribution is -2.50. The summed E-state index contributed by atoms with van der Waals surface area (Å²) in [5.74, 6) is 5.85. The van der Waals surface area contributed by atoms with Gasteiger partial charge >= 0.3 is 0 Å². The molecule has 3 heterocycles. The summed E-state index contributed by atoms with van der Waals surface area (Å²) in [6, 6.07) is 4.89. The number of rotatable bonds is 7. The Kier molecular flexibility index (Phi) is 7.72. The Morgan fingerprint density at radius 1 is 1.06 bits per heavy atom. The standard InChI is InChI=1S/C23H35FN6O2/c24-19-15-18(16-26-20-2-4-22(31)27-23(20)32)1-3-21(19)29-13-11-28(12-14-29)8-5-17-6-9-30(25)10-7-17/h1,3,15,17,20,26H,2,4-14,16,25H2,(H,27,31,32). The molecule has 4 rings (SSSR count). The Labute approximate surface area is 189 Å². The third-order valence-electron chi connectivity index (χ3n) is 7.02. The first-order valence-electron chi connectivity index (χ1n) is 11.8. The number of imide groups is 1. The summed E-state index contributed by atoms with van der Waals surface area (Å²) in [6.45, 7) is 7.05. The molecule has 3 aliphatic rings. The molecule has 1 aromatic carbocycles. The van der Waals surface area contributed by atoms with E-state index in [1.165, 1.54) is 19.3 Å². The van der Waals surface area contributed by atoms with Gasteiger partial charge in [0.2, 0.25) is 11.8 Å². The van der Waals surface area contributed by atoms with Crippen molar-refractivity contribution in [2.75, 3.05) is 50.7 Å². The highest BCUT2D eigenvalue weighted by Crippen LogP contribution is 2.24. The molecule has 9 heteroatoms. The first kappa shape index (κ1) is 23.1. The van der Waals surface area contributed by atoms with E-state index in [4.69, 9.17) is 5.84 Å². The van der Waals surface area contributed by atoms with Crippen molar-refractivity contribution in [3.63, 3.8) is 0 Å². The molecule has 2 amide bonds. The van der Waals surface area contributed by atoms with Crippen LogP contribution < -0.4 is 21.4 Å². The highest BCUT2D eigenvalue weighted by Gasteiger charge is 2.26. The Bertz CT molecular complexity index is 806. The molecule has 3 saturated heterocycles. The van der Waals surface area contributed by atoms with Crippen LogP contribution in [0.5, 0.6) is 0 Å². The van der Waals surface area contributed by atoms with Gasteiger partial charge in [-0.1, -0.05) is 6.07 Å². The van der Waals surface area contributed by atoms with Crippen LogP contribution in [0.3, 0.4) is 0 Å². The van der Waals surface area contributed by atoms with E-state index in [1.54, 1.807) is 6.07 Å². The van der Waals surface area contributed by atoms with Gasteiger partial charge in [-0.2, -0.15) is 0 Å². The fourth-order valence-electron chi connectivity index (χ4n) is 4.87. The molecule has 176 valence electrons. The molecular weight excluding hydrogens is 411 g/mol. The molecule has 0 aromatic heterocycles. The zero-order valence-electron chi connectivity index (χ0n) is 18.7. The van der Waals surface area contributed by atoms with E-state index in [0.717, 1.165) is 57.3 Å². The predicted octanol–water partition coefficient (Wildman–Crippen LogP) is 0.818. The number of amides is 2. The van der Waals surface area contributed by atoms with Crippen molar-refractivity contribution in [1.29, 1.82) is 0 Å². The molecule has 0 aliphatic carbocycles. The zero-order valence-corrected chi connectivity index (χ0v) is 18.7. The van der Waals surface area contributed by atoms with Gasteiger partial charge in [0.05, 0.1) is 11.7 Å². The van der Waals surface area contributed by atoms with E-state index >= 15 is 0 Å². The number of nitrogens with two attached hydrogens (primary N) is 1. The van der Waals surface area contributed by atoms with Gasteiger partial charge in [0.25, 0.3) is 0 Å². The third kappa shape index (κ3) is 6.04. The zero-order chi connectivity index (χ0) is 22.5. The summed E-state index contributed by atoms with van der Waals surface area (Å²) in [7, 11) is 0. The molecular formula is C23H35FN6O2. The summed E-state index contributed by atoms with van der Waals surface area (Å²) in [6.07, 6.45) is 4.40. The molecule has 4 N–H and O–H groups in total. The SMILES string of the molecule is NN1CCC(CCN2CCN(c3ccc(CNC4CCC(=O)NC4=O)cc3F)CC2)CC1. The molecule has 8 nitrogen and oxygen atoms in total. The van der Waals surface area contributed by atoms with Crippen LogP contribution in [0.4, 0.5) is 10.1 Å². The number of carbonyl (C=O) groups is 2. The monoisotopic (exact) mass is 446 g/mol. The number of hydrazine groups is 1. The lowest BCUT2D eigenvalue weighted by atomic mass is 9.94. The van der Waals surface area contributed by atoms with Crippen LogP contribution in [0.2, 0.25) is 0 Å². The number of anilines is 1. The number of nitrogens with zero attached hydrogens (tertiary/aromatic N) is 3. The lowest BCUT2D eigenvalue weighted by molar-refractivity contribution is -0.134. The molecule has 0 radical (unpaired) electrons. The summed E-state index contributed by atoms with van der Waals surface area (Å²) < 4.78 is 14.8. The number of nitrogens with one attached hydrogen (secondary N) is 2. The van der Waals surface area contributed by atoms with Gasteiger partial charge in [0.15, 0.2) is 0 Å².